The van der Waals surface area contributed by atoms with Crippen LogP contribution < -0.4 is 0 Å². The van der Waals surface area contributed by atoms with Gasteiger partial charge >= 0.3 is 0 Å². The number of benzene rings is 5. The second-order valence-electron chi connectivity index (χ2n) is 11.3. The van der Waals surface area contributed by atoms with Crippen molar-refractivity contribution in [3.05, 3.63) is 127 Å². The Kier molecular flexibility index (Phi) is 5.64. The van der Waals surface area contributed by atoms with Crippen molar-refractivity contribution in [2.45, 2.75) is 4.90 Å². The van der Waals surface area contributed by atoms with Crippen molar-refractivity contribution in [3.8, 4) is 45.6 Å². The van der Waals surface area contributed by atoms with Gasteiger partial charge in [0.1, 0.15) is 11.3 Å². The average molecular weight is 623 g/mol. The van der Waals surface area contributed by atoms with Crippen LogP contribution in [-0.4, -0.2) is 38.9 Å². The minimum absolute atomic E-state index is 0.590. The molecule has 0 saturated carbocycles. The predicted molar refractivity (Wildman–Crippen MR) is 187 cm³/mol. The summed E-state index contributed by atoms with van der Waals surface area (Å²) in [5, 5.41) is 3.82. The Morgan fingerprint density at radius 3 is 1.23 bits per heavy atom. The normalized spacial score (nSPS) is 11.9. The van der Waals surface area contributed by atoms with Crippen LogP contribution >= 0.6 is 11.9 Å². The third-order valence-corrected chi connectivity index (χ3v) is 9.52. The fourth-order valence-corrected chi connectivity index (χ4v) is 7.28. The number of nitrogens with zero attached hydrogens (tertiary/aromatic N) is 7. The smallest absolute Gasteiger partial charge is 0.164 e. The molecule has 5 heterocycles. The second kappa shape index (κ2) is 10.2. The number of nitrogens with one attached hydrogen (secondary N) is 1. The molecule has 0 unspecified atom stereocenters. The Morgan fingerprint density at radius 1 is 0.383 bits per heavy atom. The molecule has 2 aliphatic heterocycles. The lowest BCUT2D eigenvalue weighted by atomic mass is 10.1. The van der Waals surface area contributed by atoms with Gasteiger partial charge in [0.15, 0.2) is 34.6 Å². The Morgan fingerprint density at radius 2 is 0.766 bits per heavy atom. The fraction of sp³-hybridized carbons (Fsp3) is 0. The summed E-state index contributed by atoms with van der Waals surface area (Å²) in [5.74, 6) is 2.37. The van der Waals surface area contributed by atoms with E-state index in [1.165, 1.54) is 0 Å². The van der Waals surface area contributed by atoms with Gasteiger partial charge in [-0.3, -0.25) is 0 Å². The maximum Gasteiger partial charge on any atom is 0.164 e. The standard InChI is InChI=1S/C38H22N8S/c1-2-12-22(13-3-1)47-46-37-29-20-10-11-21-30(29)38(46)45-36-28-19-9-7-17-26(28)34(43-36)41-32-24-15-5-4-14-23(24)31(39-32)40-33-25-16-6-8-18-27(25)35(42-33)44-37/h1-21H,(H,39,40,41,42,43,44,45). The number of aromatic amines is 1. The van der Waals surface area contributed by atoms with Crippen molar-refractivity contribution < 1.29 is 0 Å². The first kappa shape index (κ1) is 26.1. The summed E-state index contributed by atoms with van der Waals surface area (Å²) in [6.07, 6.45) is 0. The Balaban J connectivity index is 1.43. The Labute approximate surface area is 272 Å². The first-order valence-electron chi connectivity index (χ1n) is 15.2. The van der Waals surface area contributed by atoms with Gasteiger partial charge in [0.2, 0.25) is 0 Å². The van der Waals surface area contributed by atoms with Crippen molar-refractivity contribution in [3.63, 3.8) is 0 Å². The topological polar surface area (TPSA) is 98.1 Å². The molecule has 5 aromatic carbocycles. The minimum Gasteiger partial charge on any atom is -0.324 e. The lowest BCUT2D eigenvalue weighted by Gasteiger charge is -2.05. The first-order valence-corrected chi connectivity index (χ1v) is 16.0. The van der Waals surface area contributed by atoms with Crippen molar-refractivity contribution in [2.75, 3.05) is 0 Å². The molecule has 1 N–H and O–H groups in total. The zero-order valence-corrected chi connectivity index (χ0v) is 25.5. The van der Waals surface area contributed by atoms with E-state index in [0.717, 1.165) is 60.0 Å². The van der Waals surface area contributed by atoms with Crippen LogP contribution in [0.1, 0.15) is 0 Å². The van der Waals surface area contributed by atoms with Crippen molar-refractivity contribution in [1.82, 2.24) is 38.9 Å². The Bertz CT molecular complexity index is 2570. The molecular weight excluding hydrogens is 601 g/mol. The van der Waals surface area contributed by atoms with Gasteiger partial charge < -0.3 is 4.98 Å². The third-order valence-electron chi connectivity index (χ3n) is 8.51. The summed E-state index contributed by atoms with van der Waals surface area (Å²) in [7, 11) is 0. The number of hydrogen-bond acceptors (Lipinski definition) is 7. The maximum atomic E-state index is 5.31. The van der Waals surface area contributed by atoms with Gasteiger partial charge in [-0.2, -0.15) is 0 Å². The number of hydrogen-bond donors (Lipinski definition) is 1. The summed E-state index contributed by atoms with van der Waals surface area (Å²) in [4.78, 5) is 35.5. The highest BCUT2D eigenvalue weighted by atomic mass is 32.2. The summed E-state index contributed by atoms with van der Waals surface area (Å²) in [6.45, 7) is 0. The molecule has 47 heavy (non-hydrogen) atoms. The van der Waals surface area contributed by atoms with Crippen LogP contribution in [0.5, 0.6) is 0 Å². The monoisotopic (exact) mass is 622 g/mol. The van der Waals surface area contributed by atoms with E-state index in [9.17, 15) is 0 Å². The summed E-state index contributed by atoms with van der Waals surface area (Å²) < 4.78 is 2.09. The van der Waals surface area contributed by atoms with Gasteiger partial charge in [0.25, 0.3) is 0 Å². The van der Waals surface area contributed by atoms with E-state index < -0.39 is 0 Å². The molecular formula is C38H22N8S. The van der Waals surface area contributed by atoms with E-state index in [-0.39, 0.29) is 0 Å². The first-order chi connectivity index (χ1) is 23.3. The lowest BCUT2D eigenvalue weighted by molar-refractivity contribution is 1.17. The van der Waals surface area contributed by atoms with E-state index in [2.05, 4.69) is 33.2 Å². The van der Waals surface area contributed by atoms with E-state index >= 15 is 0 Å². The molecule has 0 saturated heterocycles. The van der Waals surface area contributed by atoms with Crippen molar-refractivity contribution >= 4 is 56.1 Å². The molecule has 0 radical (unpaired) electrons. The molecule has 220 valence electrons. The van der Waals surface area contributed by atoms with Crippen LogP contribution in [0.2, 0.25) is 0 Å². The highest BCUT2D eigenvalue weighted by molar-refractivity contribution is 7.98. The average Bonchev–Trinajstić information content (AvgIpc) is 3.84. The molecule has 0 amide bonds. The molecule has 9 heteroatoms. The summed E-state index contributed by atoms with van der Waals surface area (Å²) in [6, 6.07) is 42.8. The summed E-state index contributed by atoms with van der Waals surface area (Å²) in [5.41, 5.74) is 6.52. The van der Waals surface area contributed by atoms with Crippen molar-refractivity contribution in [1.29, 1.82) is 0 Å². The largest absolute Gasteiger partial charge is 0.324 e. The minimum atomic E-state index is 0.590. The molecule has 8 bridgehead atoms. The van der Waals surface area contributed by atoms with Crippen molar-refractivity contribution in [2.24, 2.45) is 0 Å². The molecule has 2 aliphatic rings. The predicted octanol–water partition coefficient (Wildman–Crippen LogP) is 8.90. The van der Waals surface area contributed by atoms with Gasteiger partial charge in [-0.25, -0.2) is 33.9 Å². The zero-order valence-electron chi connectivity index (χ0n) is 24.7. The van der Waals surface area contributed by atoms with Crippen LogP contribution in [0, 0.1) is 0 Å². The van der Waals surface area contributed by atoms with Crippen LogP contribution in [0.25, 0.3) is 89.7 Å². The van der Waals surface area contributed by atoms with E-state index in [1.807, 2.05) is 103 Å². The highest BCUT2D eigenvalue weighted by Gasteiger charge is 2.23. The number of rotatable bonds is 2. The number of fused-ring (bicyclic) bond motifs is 20. The van der Waals surface area contributed by atoms with Gasteiger partial charge in [0.05, 0.1) is 0 Å². The SMILES string of the molecule is c1ccc(Sn2c3nc4nc(nc5[nH]c(nc6nc(nc2c2ccccc23)-c2ccccc2-6)c2ccccc52)-c2ccccc2-4)cc1. The maximum absolute atomic E-state index is 5.31. The van der Waals surface area contributed by atoms with Gasteiger partial charge in [-0.05, 0) is 24.1 Å². The fourth-order valence-electron chi connectivity index (χ4n) is 6.34. The second-order valence-corrected chi connectivity index (χ2v) is 12.3. The Hall–Kier alpha value is -6.19. The van der Waals surface area contributed by atoms with Gasteiger partial charge in [0, 0.05) is 48.7 Å². The molecule has 0 fully saturated rings. The number of aromatic nitrogens is 8. The third kappa shape index (κ3) is 4.10. The molecule has 10 rings (SSSR count). The molecule has 0 spiro atoms. The van der Waals surface area contributed by atoms with Crippen LogP contribution in [0.3, 0.4) is 0 Å². The van der Waals surface area contributed by atoms with E-state index in [4.69, 9.17) is 29.9 Å². The number of H-pyrrole nitrogens is 1. The molecule has 0 atom stereocenters. The van der Waals surface area contributed by atoms with Gasteiger partial charge in [-0.1, -0.05) is 115 Å². The van der Waals surface area contributed by atoms with E-state index in [0.29, 0.717) is 34.6 Å². The van der Waals surface area contributed by atoms with E-state index in [1.54, 1.807) is 11.9 Å². The molecule has 3 aromatic heterocycles. The molecule has 8 aromatic rings. The molecule has 8 nitrogen and oxygen atoms in total. The highest BCUT2D eigenvalue weighted by Crippen LogP contribution is 2.39. The van der Waals surface area contributed by atoms with Crippen LogP contribution in [0.4, 0.5) is 0 Å². The van der Waals surface area contributed by atoms with Crippen LogP contribution in [0.15, 0.2) is 132 Å². The van der Waals surface area contributed by atoms with Gasteiger partial charge in [-0.15, -0.1) is 0 Å². The van der Waals surface area contributed by atoms with Crippen LogP contribution in [-0.2, 0) is 0 Å². The molecule has 0 aliphatic carbocycles. The summed E-state index contributed by atoms with van der Waals surface area (Å²) >= 11 is 1.57. The quantitative estimate of drug-likeness (QED) is 0.206. The lowest BCUT2D eigenvalue weighted by Crippen LogP contribution is -1.92. The zero-order chi connectivity index (χ0) is 30.9.